The molecule has 4 aromatic rings. The van der Waals surface area contributed by atoms with E-state index in [4.69, 9.17) is 4.98 Å². The molecule has 1 aliphatic carbocycles. The van der Waals surface area contributed by atoms with Crippen LogP contribution in [0.3, 0.4) is 0 Å². The average molecular weight is 431 g/mol. The van der Waals surface area contributed by atoms with Crippen molar-refractivity contribution in [2.45, 2.75) is 57.0 Å². The second-order valence-electron chi connectivity index (χ2n) is 9.58. The fourth-order valence-corrected chi connectivity index (χ4v) is 5.81. The van der Waals surface area contributed by atoms with Gasteiger partial charge in [0.25, 0.3) is 5.56 Å². The lowest BCUT2D eigenvalue weighted by Crippen LogP contribution is -2.34. The summed E-state index contributed by atoms with van der Waals surface area (Å²) in [4.78, 5) is 27.3. The van der Waals surface area contributed by atoms with Crippen LogP contribution in [0.2, 0.25) is 0 Å². The molecule has 2 aliphatic rings. The van der Waals surface area contributed by atoms with Crippen LogP contribution in [0.25, 0.3) is 33.2 Å². The highest BCUT2D eigenvalue weighted by Gasteiger charge is 2.24. The minimum absolute atomic E-state index is 0.0721. The van der Waals surface area contributed by atoms with Crippen molar-refractivity contribution in [1.82, 2.24) is 29.0 Å². The fourth-order valence-electron chi connectivity index (χ4n) is 5.81. The van der Waals surface area contributed by atoms with Gasteiger partial charge in [0.15, 0.2) is 0 Å². The Morgan fingerprint density at radius 3 is 2.69 bits per heavy atom. The van der Waals surface area contributed by atoms with Crippen LogP contribution in [0.5, 0.6) is 0 Å². The first-order valence-corrected chi connectivity index (χ1v) is 11.9. The molecule has 6 rings (SSSR count). The summed E-state index contributed by atoms with van der Waals surface area (Å²) >= 11 is 0. The molecule has 0 spiro atoms. The lowest BCUT2D eigenvalue weighted by Gasteiger charge is -2.31. The van der Waals surface area contributed by atoms with Gasteiger partial charge in [-0.2, -0.15) is 0 Å². The monoisotopic (exact) mass is 430 g/mol. The number of hydrogen-bond acceptors (Lipinski definition) is 4. The highest BCUT2D eigenvalue weighted by molar-refractivity contribution is 5.95. The van der Waals surface area contributed by atoms with Gasteiger partial charge < -0.3 is 19.0 Å². The van der Waals surface area contributed by atoms with E-state index in [9.17, 15) is 4.79 Å². The first kappa shape index (κ1) is 19.7. The molecule has 7 nitrogen and oxygen atoms in total. The molecule has 1 aromatic carbocycles. The van der Waals surface area contributed by atoms with Crippen LogP contribution >= 0.6 is 0 Å². The minimum Gasteiger partial charge on any atom is -0.337 e. The third-order valence-electron chi connectivity index (χ3n) is 7.46. The Morgan fingerprint density at radius 2 is 1.84 bits per heavy atom. The number of rotatable bonds is 3. The van der Waals surface area contributed by atoms with Gasteiger partial charge >= 0.3 is 0 Å². The second-order valence-corrected chi connectivity index (χ2v) is 9.58. The van der Waals surface area contributed by atoms with E-state index >= 15 is 0 Å². The van der Waals surface area contributed by atoms with Crippen LogP contribution < -0.4 is 5.56 Å². The Hall–Kier alpha value is -2.93. The van der Waals surface area contributed by atoms with Crippen LogP contribution in [-0.4, -0.2) is 49.1 Å². The number of aromatic nitrogens is 5. The van der Waals surface area contributed by atoms with E-state index in [1.807, 2.05) is 6.33 Å². The van der Waals surface area contributed by atoms with Crippen LogP contribution in [-0.2, 0) is 0 Å². The number of fused-ring (bicyclic) bond motifs is 2. The summed E-state index contributed by atoms with van der Waals surface area (Å²) in [5.41, 5.74) is 5.66. The number of benzene rings is 1. The van der Waals surface area contributed by atoms with Gasteiger partial charge in [0.05, 0.1) is 23.7 Å². The van der Waals surface area contributed by atoms with E-state index in [0.717, 1.165) is 48.1 Å². The third-order valence-corrected chi connectivity index (χ3v) is 7.46. The summed E-state index contributed by atoms with van der Waals surface area (Å²) in [5.74, 6) is 0. The maximum Gasteiger partial charge on any atom is 0.275 e. The number of piperidine rings is 1. The minimum atomic E-state index is -0.0721. The van der Waals surface area contributed by atoms with Crippen LogP contribution in [0, 0.1) is 0 Å². The summed E-state index contributed by atoms with van der Waals surface area (Å²) < 4.78 is 4.53. The zero-order valence-corrected chi connectivity index (χ0v) is 18.6. The first-order chi connectivity index (χ1) is 15.7. The van der Waals surface area contributed by atoms with Gasteiger partial charge in [-0.05, 0) is 57.0 Å². The molecule has 0 bridgehead atoms. The molecular weight excluding hydrogens is 400 g/mol. The van der Waals surface area contributed by atoms with E-state index in [-0.39, 0.29) is 11.6 Å². The SMILES string of the molecule is CN1CCCC(n2cc(-c3ccc4c(c3)ncn4C3CCCCC3)c3nc[nH]c(=O)c32)C1. The molecular formula is C25H30N6O. The summed E-state index contributed by atoms with van der Waals surface area (Å²) in [6, 6.07) is 7.36. The number of nitrogens with zero attached hydrogens (tertiary/aromatic N) is 5. The molecule has 32 heavy (non-hydrogen) atoms. The highest BCUT2D eigenvalue weighted by atomic mass is 16.1. The summed E-state index contributed by atoms with van der Waals surface area (Å²) in [6.07, 6.45) is 14.3. The molecule has 166 valence electrons. The Morgan fingerprint density at radius 1 is 1.00 bits per heavy atom. The van der Waals surface area contributed by atoms with Crippen LogP contribution in [0.15, 0.2) is 41.8 Å². The largest absolute Gasteiger partial charge is 0.337 e. The first-order valence-electron chi connectivity index (χ1n) is 11.9. The fraction of sp³-hybridized carbons (Fsp3) is 0.480. The van der Waals surface area contributed by atoms with Gasteiger partial charge in [-0.3, -0.25) is 4.79 Å². The van der Waals surface area contributed by atoms with Crippen molar-refractivity contribution < 1.29 is 0 Å². The standard InChI is InChI=1S/C25H30N6O/c1-29-11-5-8-19(13-29)30-14-20(23-24(30)25(32)27-15-26-23)17-9-10-22-21(12-17)28-16-31(22)18-6-3-2-4-7-18/h9-10,12,14-16,18-19H,2-8,11,13H2,1H3,(H,26,27,32). The van der Waals surface area contributed by atoms with Gasteiger partial charge in [0.1, 0.15) is 11.0 Å². The Kier molecular flexibility index (Phi) is 4.86. The summed E-state index contributed by atoms with van der Waals surface area (Å²) in [7, 11) is 2.15. The number of nitrogens with one attached hydrogen (secondary N) is 1. The predicted octanol–water partition coefficient (Wildman–Crippen LogP) is 4.51. The molecule has 1 saturated heterocycles. The molecule has 0 radical (unpaired) electrons. The van der Waals surface area contributed by atoms with E-state index in [1.54, 1.807) is 0 Å². The van der Waals surface area contributed by atoms with Gasteiger partial charge in [0.2, 0.25) is 0 Å². The number of hydrogen-bond donors (Lipinski definition) is 1. The van der Waals surface area contributed by atoms with Crippen molar-refractivity contribution in [3.63, 3.8) is 0 Å². The van der Waals surface area contributed by atoms with Crippen molar-refractivity contribution >= 4 is 22.1 Å². The molecule has 1 saturated carbocycles. The molecule has 0 amide bonds. The van der Waals surface area contributed by atoms with Crippen LogP contribution in [0.4, 0.5) is 0 Å². The van der Waals surface area contributed by atoms with Crippen molar-refractivity contribution in [3.8, 4) is 11.1 Å². The maximum absolute atomic E-state index is 12.8. The molecule has 2 fully saturated rings. The topological polar surface area (TPSA) is 71.7 Å². The Bertz CT molecular complexity index is 1330. The van der Waals surface area contributed by atoms with Crippen molar-refractivity contribution in [1.29, 1.82) is 0 Å². The third kappa shape index (κ3) is 3.26. The molecule has 1 atom stereocenters. The van der Waals surface area contributed by atoms with E-state index in [0.29, 0.717) is 11.6 Å². The number of aromatic amines is 1. The molecule has 3 aromatic heterocycles. The quantitative estimate of drug-likeness (QED) is 0.519. The van der Waals surface area contributed by atoms with E-state index in [1.165, 1.54) is 43.9 Å². The maximum atomic E-state index is 12.8. The molecule has 1 aliphatic heterocycles. The van der Waals surface area contributed by atoms with Crippen molar-refractivity contribution in [2.75, 3.05) is 20.1 Å². The number of H-pyrrole nitrogens is 1. The zero-order valence-electron chi connectivity index (χ0n) is 18.6. The number of likely N-dealkylation sites (tertiary alicyclic amines) is 1. The van der Waals surface area contributed by atoms with Gasteiger partial charge in [0, 0.05) is 30.4 Å². The molecule has 1 N–H and O–H groups in total. The molecule has 7 heteroatoms. The Balaban J connectivity index is 1.45. The van der Waals surface area contributed by atoms with Gasteiger partial charge in [-0.1, -0.05) is 25.3 Å². The lowest BCUT2D eigenvalue weighted by molar-refractivity contribution is 0.215. The number of imidazole rings is 1. The van der Waals surface area contributed by atoms with Gasteiger partial charge in [-0.15, -0.1) is 0 Å². The van der Waals surface area contributed by atoms with E-state index < -0.39 is 0 Å². The van der Waals surface area contributed by atoms with Crippen LogP contribution in [0.1, 0.15) is 57.0 Å². The number of likely N-dealkylation sites (N-methyl/N-ethyl adjacent to an activating group) is 1. The smallest absolute Gasteiger partial charge is 0.275 e. The van der Waals surface area contributed by atoms with Crippen molar-refractivity contribution in [2.24, 2.45) is 0 Å². The molecule has 4 heterocycles. The zero-order chi connectivity index (χ0) is 21.7. The highest BCUT2D eigenvalue weighted by Crippen LogP contribution is 2.35. The van der Waals surface area contributed by atoms with Gasteiger partial charge in [-0.25, -0.2) is 9.97 Å². The summed E-state index contributed by atoms with van der Waals surface area (Å²) in [6.45, 7) is 2.06. The molecule has 1 unspecified atom stereocenters. The normalized spacial score (nSPS) is 21.0. The van der Waals surface area contributed by atoms with Crippen molar-refractivity contribution in [3.05, 3.63) is 47.4 Å². The van der Waals surface area contributed by atoms with E-state index in [2.05, 4.69) is 55.4 Å². The summed E-state index contributed by atoms with van der Waals surface area (Å²) in [5, 5.41) is 0. The lowest BCUT2D eigenvalue weighted by atomic mass is 9.95. The second kappa shape index (κ2) is 7.89. The predicted molar refractivity (Wildman–Crippen MR) is 127 cm³/mol. The Labute approximate surface area is 187 Å². The average Bonchev–Trinajstić information content (AvgIpc) is 3.42.